The first kappa shape index (κ1) is 43.0. The lowest BCUT2D eigenvalue weighted by Gasteiger charge is -2.25. The Morgan fingerprint density at radius 1 is 0.737 bits per heavy atom. The molecular formula is C40H51N11O6. The molecule has 2 aromatic heterocycles. The van der Waals surface area contributed by atoms with Gasteiger partial charge in [-0.15, -0.1) is 0 Å². The zero-order chi connectivity index (χ0) is 41.3. The molecule has 0 saturated carbocycles. The molecule has 0 unspecified atom stereocenters. The largest absolute Gasteiger partial charge is 0.370 e. The van der Waals surface area contributed by atoms with E-state index in [1.807, 2.05) is 44.2 Å². The number of aliphatic imine (C=N–C) groups is 1. The summed E-state index contributed by atoms with van der Waals surface area (Å²) in [5.41, 5.74) is 19.1. The number of nitrogens with one attached hydrogen (secondary N) is 6. The van der Waals surface area contributed by atoms with Crippen LogP contribution in [-0.4, -0.2) is 88.6 Å². The normalized spacial score (nSPS) is 13.0. The minimum atomic E-state index is -1.16. The smallest absolute Gasteiger partial charge is 0.270 e. The van der Waals surface area contributed by atoms with Gasteiger partial charge in [0.2, 0.25) is 29.5 Å². The van der Waals surface area contributed by atoms with Crippen molar-refractivity contribution in [1.29, 1.82) is 0 Å². The Kier molecular flexibility index (Phi) is 16.1. The molecule has 4 aromatic rings. The van der Waals surface area contributed by atoms with Gasteiger partial charge in [-0.2, -0.15) is 0 Å². The second kappa shape index (κ2) is 21.3. The zero-order valence-electron chi connectivity index (χ0n) is 32.0. The number of fused-ring (bicyclic) bond motifs is 1. The standard InChI is InChI=1S/C40H51N11O6/c1-24(2)19-32(48-34(52)23-47-36(54)33(20-25-11-4-3-5-12-25)51-37(55)29-15-8-9-17-44-29)39(57)49-30(16-10-18-45-40(42)43)38(56)50-31(35(41)53)21-26-22-46-28-14-7-6-13-27(26)28/h3-9,11-15,17,22,24,30-33,46H,10,16,18-21,23H2,1-2H3,(H2,41,53)(H,47,54)(H,48,52)(H,49,57)(H,50,56)(H,51,55)(H4,42,43,45)/t30-,31-,32-,33-/m0/s1. The summed E-state index contributed by atoms with van der Waals surface area (Å²) in [6.07, 6.45) is 3.99. The second-order valence-corrected chi connectivity index (χ2v) is 13.9. The van der Waals surface area contributed by atoms with E-state index in [-0.39, 0.29) is 56.2 Å². The van der Waals surface area contributed by atoms with Crippen LogP contribution in [0.5, 0.6) is 0 Å². The van der Waals surface area contributed by atoms with Crippen LogP contribution in [0.15, 0.2) is 90.2 Å². The number of rotatable bonds is 21. The quantitative estimate of drug-likeness (QED) is 0.0319. The number of pyridine rings is 1. The number of benzene rings is 2. The summed E-state index contributed by atoms with van der Waals surface area (Å²) in [6, 6.07) is 16.9. The number of nitrogens with two attached hydrogens (primary N) is 3. The van der Waals surface area contributed by atoms with Crippen LogP contribution >= 0.6 is 0 Å². The number of hydrogen-bond donors (Lipinski definition) is 9. The van der Waals surface area contributed by atoms with Crippen molar-refractivity contribution in [2.45, 2.75) is 70.1 Å². The summed E-state index contributed by atoms with van der Waals surface area (Å²) >= 11 is 0. The topological polar surface area (TPSA) is 282 Å². The molecule has 0 aliphatic heterocycles. The van der Waals surface area contributed by atoms with Crippen molar-refractivity contribution in [1.82, 2.24) is 36.6 Å². The Balaban J connectivity index is 1.43. The summed E-state index contributed by atoms with van der Waals surface area (Å²) in [7, 11) is 0. The van der Waals surface area contributed by atoms with Crippen molar-refractivity contribution in [3.8, 4) is 0 Å². The average molecular weight is 782 g/mol. The molecule has 57 heavy (non-hydrogen) atoms. The van der Waals surface area contributed by atoms with Crippen molar-refractivity contribution >= 4 is 52.3 Å². The van der Waals surface area contributed by atoms with Gasteiger partial charge in [0.05, 0.1) is 6.54 Å². The van der Waals surface area contributed by atoms with Crippen molar-refractivity contribution in [2.24, 2.45) is 28.1 Å². The predicted molar refractivity (Wildman–Crippen MR) is 215 cm³/mol. The molecule has 2 heterocycles. The number of aromatic nitrogens is 2. The number of carbonyl (C=O) groups excluding carboxylic acids is 6. The SMILES string of the molecule is CC(C)C[C@H](NC(=O)CNC(=O)[C@H](Cc1ccccc1)NC(=O)c1ccccn1)C(=O)N[C@@H](CCCN=C(N)N)C(=O)N[C@@H](Cc1c[nH]c2ccccc12)C(N)=O. The molecule has 0 radical (unpaired) electrons. The highest BCUT2D eigenvalue weighted by Crippen LogP contribution is 2.19. The zero-order valence-corrected chi connectivity index (χ0v) is 32.0. The fourth-order valence-electron chi connectivity index (χ4n) is 6.09. The lowest BCUT2D eigenvalue weighted by molar-refractivity contribution is -0.133. The van der Waals surface area contributed by atoms with Crippen molar-refractivity contribution in [3.05, 3.63) is 102 Å². The Morgan fingerprint density at radius 3 is 2.11 bits per heavy atom. The van der Waals surface area contributed by atoms with Gasteiger partial charge in [0.15, 0.2) is 5.96 Å². The summed E-state index contributed by atoms with van der Waals surface area (Å²) < 4.78 is 0. The molecule has 0 saturated heterocycles. The lowest BCUT2D eigenvalue weighted by Crippen LogP contribution is -2.57. The van der Waals surface area contributed by atoms with E-state index in [1.165, 1.54) is 12.3 Å². The maximum Gasteiger partial charge on any atom is 0.270 e. The summed E-state index contributed by atoms with van der Waals surface area (Å²) in [4.78, 5) is 90.8. The number of aromatic amines is 1. The minimum absolute atomic E-state index is 0.0720. The van der Waals surface area contributed by atoms with Crippen LogP contribution in [0.4, 0.5) is 0 Å². The molecule has 302 valence electrons. The summed E-state index contributed by atoms with van der Waals surface area (Å²) in [6.45, 7) is 3.36. The maximum absolute atomic E-state index is 13.8. The third-order valence-electron chi connectivity index (χ3n) is 8.92. The van der Waals surface area contributed by atoms with Crippen molar-refractivity contribution in [2.75, 3.05) is 13.1 Å². The first-order valence-corrected chi connectivity index (χ1v) is 18.6. The van der Waals surface area contributed by atoms with E-state index in [9.17, 15) is 28.8 Å². The molecule has 0 spiro atoms. The van der Waals surface area contributed by atoms with Gasteiger partial charge >= 0.3 is 0 Å². The molecule has 0 aliphatic rings. The number of guanidine groups is 1. The highest BCUT2D eigenvalue weighted by Gasteiger charge is 2.30. The van der Waals surface area contributed by atoms with Crippen LogP contribution in [0.25, 0.3) is 10.9 Å². The van der Waals surface area contributed by atoms with E-state index in [1.54, 1.807) is 42.6 Å². The van der Waals surface area contributed by atoms with E-state index in [0.717, 1.165) is 22.0 Å². The van der Waals surface area contributed by atoms with E-state index in [0.29, 0.717) is 0 Å². The maximum atomic E-state index is 13.8. The fraction of sp³-hybridized carbons (Fsp3) is 0.350. The Bertz CT molecular complexity index is 2020. The second-order valence-electron chi connectivity index (χ2n) is 13.9. The summed E-state index contributed by atoms with van der Waals surface area (Å²) in [5.74, 6) is -4.19. The first-order chi connectivity index (χ1) is 27.3. The molecule has 4 atom stereocenters. The van der Waals surface area contributed by atoms with E-state index < -0.39 is 66.2 Å². The number of hydrogen-bond acceptors (Lipinski definition) is 8. The Morgan fingerprint density at radius 2 is 1.42 bits per heavy atom. The van der Waals surface area contributed by atoms with E-state index >= 15 is 0 Å². The summed E-state index contributed by atoms with van der Waals surface area (Å²) in [5, 5.41) is 14.2. The molecule has 12 N–H and O–H groups in total. The molecule has 17 heteroatoms. The van der Waals surface area contributed by atoms with Crippen LogP contribution in [0.2, 0.25) is 0 Å². The van der Waals surface area contributed by atoms with Gasteiger partial charge in [-0.3, -0.25) is 38.7 Å². The van der Waals surface area contributed by atoms with Gasteiger partial charge in [0, 0.05) is 42.7 Å². The monoisotopic (exact) mass is 781 g/mol. The number of nitrogens with zero attached hydrogens (tertiary/aromatic N) is 2. The van der Waals surface area contributed by atoms with Crippen LogP contribution < -0.4 is 43.8 Å². The van der Waals surface area contributed by atoms with Crippen molar-refractivity contribution < 1.29 is 28.8 Å². The van der Waals surface area contributed by atoms with Gasteiger partial charge in [-0.25, -0.2) is 0 Å². The van der Waals surface area contributed by atoms with Gasteiger partial charge in [-0.05, 0) is 54.5 Å². The predicted octanol–water partition coefficient (Wildman–Crippen LogP) is 0.302. The molecule has 0 fully saturated rings. The number of primary amides is 1. The van der Waals surface area contributed by atoms with Crippen LogP contribution in [0, 0.1) is 5.92 Å². The molecular weight excluding hydrogens is 731 g/mol. The number of H-pyrrole nitrogens is 1. The van der Waals surface area contributed by atoms with Gasteiger partial charge in [0.25, 0.3) is 5.91 Å². The molecule has 6 amide bonds. The van der Waals surface area contributed by atoms with Crippen LogP contribution in [0.3, 0.4) is 0 Å². The Labute approximate surface area is 330 Å². The van der Waals surface area contributed by atoms with Gasteiger partial charge in [0.1, 0.15) is 29.9 Å². The first-order valence-electron chi connectivity index (χ1n) is 18.6. The number of amides is 6. The number of carbonyl (C=O) groups is 6. The van der Waals surface area contributed by atoms with Crippen LogP contribution in [-0.2, 0) is 36.8 Å². The molecule has 0 bridgehead atoms. The fourth-order valence-corrected chi connectivity index (χ4v) is 6.09. The molecule has 17 nitrogen and oxygen atoms in total. The van der Waals surface area contributed by atoms with E-state index in [2.05, 4.69) is 41.5 Å². The molecule has 4 rings (SSSR count). The van der Waals surface area contributed by atoms with Gasteiger partial charge < -0.3 is 48.8 Å². The third-order valence-corrected chi connectivity index (χ3v) is 8.92. The highest BCUT2D eigenvalue weighted by atomic mass is 16.2. The molecule has 2 aromatic carbocycles. The van der Waals surface area contributed by atoms with Gasteiger partial charge in [-0.1, -0.05) is 68.4 Å². The third kappa shape index (κ3) is 13.8. The minimum Gasteiger partial charge on any atom is -0.370 e. The highest BCUT2D eigenvalue weighted by molar-refractivity contribution is 5.98. The van der Waals surface area contributed by atoms with Crippen LogP contribution in [0.1, 0.15) is 54.7 Å². The lowest BCUT2D eigenvalue weighted by atomic mass is 10.0. The molecule has 0 aliphatic carbocycles. The van der Waals surface area contributed by atoms with Crippen molar-refractivity contribution in [3.63, 3.8) is 0 Å². The average Bonchev–Trinajstić information content (AvgIpc) is 3.60. The number of para-hydroxylation sites is 1. The Hall–Kier alpha value is -6.78. The van der Waals surface area contributed by atoms with E-state index in [4.69, 9.17) is 17.2 Å².